The van der Waals surface area contributed by atoms with Gasteiger partial charge in [-0.25, -0.2) is 13.2 Å². The molecule has 1 rings (SSSR count). The fourth-order valence-corrected chi connectivity index (χ4v) is 1.33. The number of hydrogen-bond acceptors (Lipinski definition) is 1. The first kappa shape index (κ1) is 12.8. The van der Waals surface area contributed by atoms with Crippen LogP contribution in [-0.4, -0.2) is 11.1 Å². The third kappa shape index (κ3) is 2.47. The van der Waals surface area contributed by atoms with E-state index < -0.39 is 34.4 Å². The lowest BCUT2D eigenvalue weighted by molar-refractivity contribution is -0.141. The Labute approximate surface area is 94.6 Å². The van der Waals surface area contributed by atoms with Crippen molar-refractivity contribution in [3.05, 3.63) is 34.1 Å². The molecule has 1 aromatic carbocycles. The van der Waals surface area contributed by atoms with Crippen LogP contribution in [0.2, 0.25) is 5.02 Å². The Balaban J connectivity index is 3.11. The van der Waals surface area contributed by atoms with Gasteiger partial charge in [-0.2, -0.15) is 0 Å². The molecule has 0 aliphatic carbocycles. The Hall–Kier alpha value is -1.23. The maximum Gasteiger partial charge on any atom is 0.306 e. The third-order valence-electron chi connectivity index (χ3n) is 2.13. The van der Waals surface area contributed by atoms with Crippen LogP contribution in [0.5, 0.6) is 0 Å². The van der Waals surface area contributed by atoms with E-state index in [-0.39, 0.29) is 12.0 Å². The number of halogens is 4. The second-order valence-electron chi connectivity index (χ2n) is 3.40. The maximum atomic E-state index is 13.2. The van der Waals surface area contributed by atoms with Crippen molar-refractivity contribution in [3.8, 4) is 0 Å². The topological polar surface area (TPSA) is 37.3 Å². The Morgan fingerprint density at radius 2 is 2.00 bits per heavy atom. The van der Waals surface area contributed by atoms with Crippen molar-refractivity contribution in [3.63, 3.8) is 0 Å². The lowest BCUT2D eigenvalue weighted by Gasteiger charge is -2.09. The minimum Gasteiger partial charge on any atom is -0.481 e. The summed E-state index contributed by atoms with van der Waals surface area (Å²) in [4.78, 5) is 10.5. The lowest BCUT2D eigenvalue weighted by Crippen LogP contribution is -2.14. The number of hydrogen-bond donors (Lipinski definition) is 1. The van der Waals surface area contributed by atoms with Crippen LogP contribution in [0.15, 0.2) is 6.07 Å². The Morgan fingerprint density at radius 3 is 2.50 bits per heavy atom. The summed E-state index contributed by atoms with van der Waals surface area (Å²) in [5, 5.41) is 7.66. The molecular formula is C10H8ClF3O2. The number of aliphatic carboxylic acids is 1. The van der Waals surface area contributed by atoms with Gasteiger partial charge in [0.1, 0.15) is 10.8 Å². The molecule has 0 aliphatic rings. The van der Waals surface area contributed by atoms with Gasteiger partial charge >= 0.3 is 5.97 Å². The Kier molecular flexibility index (Phi) is 3.80. The fraction of sp³-hybridized carbons (Fsp3) is 0.300. The molecule has 0 amide bonds. The average Bonchev–Trinajstić information content (AvgIpc) is 2.22. The Bertz CT molecular complexity index is 435. The molecule has 88 valence electrons. The van der Waals surface area contributed by atoms with Gasteiger partial charge in [0.2, 0.25) is 0 Å². The first-order valence-corrected chi connectivity index (χ1v) is 4.77. The van der Waals surface area contributed by atoms with E-state index in [1.54, 1.807) is 0 Å². The predicted octanol–water partition coefficient (Wildman–Crippen LogP) is 3.02. The molecule has 1 atom stereocenters. The highest BCUT2D eigenvalue weighted by Crippen LogP contribution is 2.25. The minimum absolute atomic E-state index is 0.299. The van der Waals surface area contributed by atoms with Gasteiger partial charge in [-0.15, -0.1) is 0 Å². The van der Waals surface area contributed by atoms with Crippen molar-refractivity contribution in [2.45, 2.75) is 13.3 Å². The molecule has 0 heterocycles. The highest BCUT2D eigenvalue weighted by Gasteiger charge is 2.20. The van der Waals surface area contributed by atoms with Crippen molar-refractivity contribution in [1.29, 1.82) is 0 Å². The van der Waals surface area contributed by atoms with E-state index >= 15 is 0 Å². The van der Waals surface area contributed by atoms with Gasteiger partial charge in [-0.05, 0) is 18.1 Å². The first-order valence-electron chi connectivity index (χ1n) is 4.39. The highest BCUT2D eigenvalue weighted by atomic mass is 35.5. The van der Waals surface area contributed by atoms with Crippen molar-refractivity contribution >= 4 is 17.6 Å². The van der Waals surface area contributed by atoms with Gasteiger partial charge in [0.05, 0.1) is 5.92 Å². The van der Waals surface area contributed by atoms with Gasteiger partial charge in [0.15, 0.2) is 11.6 Å². The maximum absolute atomic E-state index is 13.2. The van der Waals surface area contributed by atoms with Crippen LogP contribution in [0.4, 0.5) is 13.2 Å². The second kappa shape index (κ2) is 4.74. The molecule has 0 saturated carbocycles. The predicted molar refractivity (Wildman–Crippen MR) is 51.8 cm³/mol. The van der Waals surface area contributed by atoms with Gasteiger partial charge in [-0.1, -0.05) is 18.5 Å². The van der Waals surface area contributed by atoms with Crippen molar-refractivity contribution in [2.75, 3.05) is 0 Å². The molecule has 16 heavy (non-hydrogen) atoms. The molecule has 0 spiro atoms. The molecule has 0 fully saturated rings. The Morgan fingerprint density at radius 1 is 1.44 bits per heavy atom. The van der Waals surface area contributed by atoms with E-state index in [1.165, 1.54) is 6.92 Å². The smallest absolute Gasteiger partial charge is 0.306 e. The summed E-state index contributed by atoms with van der Waals surface area (Å²) in [6.45, 7) is 1.31. The SMILES string of the molecule is CC(Cc1cc(F)c(Cl)c(F)c1F)C(=O)O. The van der Waals surface area contributed by atoms with E-state index in [0.717, 1.165) is 0 Å². The van der Waals surface area contributed by atoms with E-state index in [4.69, 9.17) is 16.7 Å². The van der Waals surface area contributed by atoms with Crippen LogP contribution in [-0.2, 0) is 11.2 Å². The standard InChI is InChI=1S/C10H8ClF3O2/c1-4(10(15)16)2-5-3-6(12)7(11)9(14)8(5)13/h3-4H,2H2,1H3,(H,15,16). The zero-order valence-electron chi connectivity index (χ0n) is 8.23. The molecule has 2 nitrogen and oxygen atoms in total. The number of rotatable bonds is 3. The summed E-state index contributed by atoms with van der Waals surface area (Å²) in [6.07, 6.45) is -0.299. The third-order valence-corrected chi connectivity index (χ3v) is 2.47. The zero-order valence-corrected chi connectivity index (χ0v) is 8.99. The highest BCUT2D eigenvalue weighted by molar-refractivity contribution is 6.30. The van der Waals surface area contributed by atoms with Crippen LogP contribution in [0.1, 0.15) is 12.5 Å². The van der Waals surface area contributed by atoms with Crippen molar-refractivity contribution < 1.29 is 23.1 Å². The number of carboxylic acids is 1. The molecule has 0 radical (unpaired) electrons. The summed E-state index contributed by atoms with van der Waals surface area (Å²) in [6, 6.07) is 0.709. The number of carbonyl (C=O) groups is 1. The quantitative estimate of drug-likeness (QED) is 0.663. The van der Waals surface area contributed by atoms with Crippen LogP contribution >= 0.6 is 11.6 Å². The van der Waals surface area contributed by atoms with Gasteiger partial charge in [-0.3, -0.25) is 4.79 Å². The van der Waals surface area contributed by atoms with Gasteiger partial charge in [0, 0.05) is 0 Å². The van der Waals surface area contributed by atoms with Crippen LogP contribution in [0.3, 0.4) is 0 Å². The van der Waals surface area contributed by atoms with E-state index in [0.29, 0.717) is 6.07 Å². The normalized spacial score (nSPS) is 12.6. The van der Waals surface area contributed by atoms with Crippen molar-refractivity contribution in [1.82, 2.24) is 0 Å². The molecule has 0 saturated heterocycles. The van der Waals surface area contributed by atoms with Crippen molar-refractivity contribution in [2.24, 2.45) is 5.92 Å². The average molecular weight is 253 g/mol. The summed E-state index contributed by atoms with van der Waals surface area (Å²) < 4.78 is 39.2. The largest absolute Gasteiger partial charge is 0.481 e. The summed E-state index contributed by atoms with van der Waals surface area (Å²) in [5.74, 6) is -6.01. The molecule has 0 aliphatic heterocycles. The number of benzene rings is 1. The van der Waals surface area contributed by atoms with Crippen LogP contribution in [0.25, 0.3) is 0 Å². The molecule has 6 heteroatoms. The second-order valence-corrected chi connectivity index (χ2v) is 3.78. The number of carboxylic acid groups (broad SMARTS) is 1. The minimum atomic E-state index is -1.49. The summed E-state index contributed by atoms with van der Waals surface area (Å²) in [5.41, 5.74) is -0.339. The summed E-state index contributed by atoms with van der Waals surface area (Å²) in [7, 11) is 0. The van der Waals surface area contributed by atoms with E-state index in [9.17, 15) is 18.0 Å². The molecule has 1 N–H and O–H groups in total. The van der Waals surface area contributed by atoms with Crippen LogP contribution in [0, 0.1) is 23.4 Å². The molecule has 0 bridgehead atoms. The fourth-order valence-electron chi connectivity index (χ4n) is 1.19. The molecule has 1 aromatic rings. The molecule has 1 unspecified atom stereocenters. The first-order chi connectivity index (χ1) is 7.34. The van der Waals surface area contributed by atoms with Gasteiger partial charge < -0.3 is 5.11 Å². The summed E-state index contributed by atoms with van der Waals surface area (Å²) >= 11 is 5.15. The lowest BCUT2D eigenvalue weighted by atomic mass is 10.0. The van der Waals surface area contributed by atoms with E-state index in [2.05, 4.69) is 0 Å². The zero-order chi connectivity index (χ0) is 12.5. The van der Waals surface area contributed by atoms with E-state index in [1.807, 2.05) is 0 Å². The van der Waals surface area contributed by atoms with Crippen LogP contribution < -0.4 is 0 Å². The van der Waals surface area contributed by atoms with Gasteiger partial charge in [0.25, 0.3) is 0 Å². The molecule has 0 aromatic heterocycles. The molecular weight excluding hydrogens is 245 g/mol. The monoisotopic (exact) mass is 252 g/mol.